The van der Waals surface area contributed by atoms with E-state index in [0.29, 0.717) is 5.82 Å². The Morgan fingerprint density at radius 2 is 2.20 bits per heavy atom. The summed E-state index contributed by atoms with van der Waals surface area (Å²) in [6.45, 7) is 0. The van der Waals surface area contributed by atoms with Gasteiger partial charge in [-0.1, -0.05) is 0 Å². The summed E-state index contributed by atoms with van der Waals surface area (Å²) in [5.74, 6) is 0.395. The molecule has 2 heterocycles. The van der Waals surface area contributed by atoms with Gasteiger partial charge in [0.25, 0.3) is 0 Å². The molecule has 0 fully saturated rings. The molecule has 2 aromatic heterocycles. The summed E-state index contributed by atoms with van der Waals surface area (Å²) in [7, 11) is 5.65. The lowest BCUT2D eigenvalue weighted by molar-refractivity contribution is 0.111. The van der Waals surface area contributed by atoms with Crippen molar-refractivity contribution in [1.29, 1.82) is 0 Å². The Labute approximate surface area is 87.4 Å². The fourth-order valence-electron chi connectivity index (χ4n) is 1.55. The van der Waals surface area contributed by atoms with Crippen LogP contribution in [0.1, 0.15) is 10.6 Å². The Hall–Kier alpha value is -1.91. The third kappa shape index (κ3) is 1.36. The Balaban J connectivity index is 2.81. The topological polar surface area (TPSA) is 51.0 Å². The van der Waals surface area contributed by atoms with E-state index < -0.39 is 0 Å². The molecule has 2 aromatic rings. The standard InChI is InChI=1S/C10H12N4O/c1-13(2)7-4-5-11-10-9(7)12-8(6-15)14(10)3/h4-6H,1-3H3. The van der Waals surface area contributed by atoms with E-state index >= 15 is 0 Å². The number of rotatable bonds is 2. The average Bonchev–Trinajstić information content (AvgIpc) is 2.55. The van der Waals surface area contributed by atoms with Crippen LogP contribution in [0.5, 0.6) is 0 Å². The second kappa shape index (κ2) is 3.34. The Morgan fingerprint density at radius 1 is 1.47 bits per heavy atom. The largest absolute Gasteiger partial charge is 0.376 e. The maximum atomic E-state index is 10.8. The Kier molecular flexibility index (Phi) is 2.15. The number of pyridine rings is 1. The van der Waals surface area contributed by atoms with Gasteiger partial charge in [0, 0.05) is 27.3 Å². The normalized spacial score (nSPS) is 10.6. The highest BCUT2D eigenvalue weighted by Crippen LogP contribution is 2.22. The highest BCUT2D eigenvalue weighted by Gasteiger charge is 2.12. The zero-order valence-electron chi connectivity index (χ0n) is 8.93. The number of anilines is 1. The van der Waals surface area contributed by atoms with Crippen molar-refractivity contribution >= 4 is 23.1 Å². The second-order valence-electron chi connectivity index (χ2n) is 3.54. The average molecular weight is 204 g/mol. The quantitative estimate of drug-likeness (QED) is 0.680. The first-order valence-electron chi connectivity index (χ1n) is 4.59. The number of aryl methyl sites for hydroxylation is 1. The van der Waals surface area contributed by atoms with E-state index in [1.54, 1.807) is 17.8 Å². The second-order valence-corrected chi connectivity index (χ2v) is 3.54. The molecule has 0 aliphatic heterocycles. The minimum absolute atomic E-state index is 0.395. The van der Waals surface area contributed by atoms with Crippen LogP contribution in [0.4, 0.5) is 5.69 Å². The van der Waals surface area contributed by atoms with Crippen molar-refractivity contribution < 1.29 is 4.79 Å². The molecule has 0 bridgehead atoms. The smallest absolute Gasteiger partial charge is 0.185 e. The molecule has 0 saturated carbocycles. The van der Waals surface area contributed by atoms with E-state index in [4.69, 9.17) is 0 Å². The van der Waals surface area contributed by atoms with Crippen LogP contribution in [0.3, 0.4) is 0 Å². The highest BCUT2D eigenvalue weighted by molar-refractivity contribution is 5.89. The summed E-state index contributed by atoms with van der Waals surface area (Å²) in [5, 5.41) is 0. The summed E-state index contributed by atoms with van der Waals surface area (Å²) < 4.78 is 1.69. The molecule has 5 heteroatoms. The number of aromatic nitrogens is 3. The number of nitrogens with zero attached hydrogens (tertiary/aromatic N) is 4. The molecule has 0 amide bonds. The Bertz CT molecular complexity index is 515. The molecular formula is C10H12N4O. The van der Waals surface area contributed by atoms with Gasteiger partial charge in [0.2, 0.25) is 0 Å². The van der Waals surface area contributed by atoms with Crippen molar-refractivity contribution in [1.82, 2.24) is 14.5 Å². The minimum atomic E-state index is 0.395. The number of hydrogen-bond acceptors (Lipinski definition) is 4. The number of carbonyl (C=O) groups is 1. The molecule has 0 aromatic carbocycles. The minimum Gasteiger partial charge on any atom is -0.376 e. The summed E-state index contributed by atoms with van der Waals surface area (Å²) in [5.41, 5.74) is 2.44. The first-order valence-corrected chi connectivity index (χ1v) is 4.59. The van der Waals surface area contributed by atoms with Gasteiger partial charge in [-0.2, -0.15) is 0 Å². The molecule has 0 aliphatic carbocycles. The van der Waals surface area contributed by atoms with Crippen molar-refractivity contribution in [3.63, 3.8) is 0 Å². The zero-order valence-corrected chi connectivity index (χ0v) is 8.93. The molecule has 2 rings (SSSR count). The van der Waals surface area contributed by atoms with Crippen LogP contribution < -0.4 is 4.90 Å². The maximum Gasteiger partial charge on any atom is 0.185 e. The molecular weight excluding hydrogens is 192 g/mol. The molecule has 0 saturated heterocycles. The van der Waals surface area contributed by atoms with E-state index in [1.165, 1.54) is 0 Å². The number of carbonyl (C=O) groups excluding carboxylic acids is 1. The van der Waals surface area contributed by atoms with Gasteiger partial charge in [-0.3, -0.25) is 4.79 Å². The molecule has 0 aliphatic rings. The molecule has 15 heavy (non-hydrogen) atoms. The zero-order chi connectivity index (χ0) is 11.0. The van der Waals surface area contributed by atoms with E-state index in [0.717, 1.165) is 23.1 Å². The lowest BCUT2D eigenvalue weighted by Crippen LogP contribution is -2.09. The van der Waals surface area contributed by atoms with Gasteiger partial charge in [-0.25, -0.2) is 9.97 Å². The van der Waals surface area contributed by atoms with Crippen molar-refractivity contribution in [2.24, 2.45) is 7.05 Å². The number of hydrogen-bond donors (Lipinski definition) is 0. The van der Waals surface area contributed by atoms with E-state index in [2.05, 4.69) is 9.97 Å². The Morgan fingerprint density at radius 3 is 2.80 bits per heavy atom. The van der Waals surface area contributed by atoms with Gasteiger partial charge in [0.15, 0.2) is 17.8 Å². The fraction of sp³-hybridized carbons (Fsp3) is 0.300. The van der Waals surface area contributed by atoms with E-state index in [-0.39, 0.29) is 0 Å². The van der Waals surface area contributed by atoms with E-state index in [9.17, 15) is 4.79 Å². The van der Waals surface area contributed by atoms with Crippen molar-refractivity contribution in [2.75, 3.05) is 19.0 Å². The van der Waals surface area contributed by atoms with Gasteiger partial charge in [-0.05, 0) is 6.07 Å². The van der Waals surface area contributed by atoms with Crippen LogP contribution in [0.15, 0.2) is 12.3 Å². The lowest BCUT2D eigenvalue weighted by Gasteiger charge is -2.11. The van der Waals surface area contributed by atoms with Gasteiger partial charge in [0.05, 0.1) is 5.69 Å². The number of imidazole rings is 1. The van der Waals surface area contributed by atoms with Gasteiger partial charge in [-0.15, -0.1) is 0 Å². The van der Waals surface area contributed by atoms with Crippen LogP contribution in [0, 0.1) is 0 Å². The first-order chi connectivity index (χ1) is 7.15. The van der Waals surface area contributed by atoms with Gasteiger partial charge >= 0.3 is 0 Å². The van der Waals surface area contributed by atoms with Crippen molar-refractivity contribution in [3.05, 3.63) is 18.1 Å². The summed E-state index contributed by atoms with van der Waals surface area (Å²) in [4.78, 5) is 21.2. The molecule has 0 N–H and O–H groups in total. The predicted octanol–water partition coefficient (Wildman–Crippen LogP) is 0.847. The summed E-state index contributed by atoms with van der Waals surface area (Å²) >= 11 is 0. The molecule has 0 atom stereocenters. The summed E-state index contributed by atoms with van der Waals surface area (Å²) in [6.07, 6.45) is 2.45. The number of fused-ring (bicyclic) bond motifs is 1. The summed E-state index contributed by atoms with van der Waals surface area (Å²) in [6, 6.07) is 1.88. The van der Waals surface area contributed by atoms with Crippen LogP contribution in [0.2, 0.25) is 0 Å². The van der Waals surface area contributed by atoms with Crippen molar-refractivity contribution in [3.8, 4) is 0 Å². The predicted molar refractivity (Wildman–Crippen MR) is 58.2 cm³/mol. The lowest BCUT2D eigenvalue weighted by atomic mass is 10.3. The molecule has 0 spiro atoms. The van der Waals surface area contributed by atoms with Crippen LogP contribution in [-0.2, 0) is 7.05 Å². The third-order valence-electron chi connectivity index (χ3n) is 2.36. The highest BCUT2D eigenvalue weighted by atomic mass is 16.1. The van der Waals surface area contributed by atoms with Gasteiger partial charge in [0.1, 0.15) is 5.52 Å². The third-order valence-corrected chi connectivity index (χ3v) is 2.36. The number of aldehydes is 1. The first kappa shape index (κ1) is 9.64. The molecule has 78 valence electrons. The van der Waals surface area contributed by atoms with Crippen LogP contribution >= 0.6 is 0 Å². The SMILES string of the molecule is CN(C)c1ccnc2c1nc(C=O)n2C. The fourth-order valence-corrected chi connectivity index (χ4v) is 1.55. The van der Waals surface area contributed by atoms with Crippen LogP contribution in [0.25, 0.3) is 11.2 Å². The molecule has 5 nitrogen and oxygen atoms in total. The van der Waals surface area contributed by atoms with Crippen molar-refractivity contribution in [2.45, 2.75) is 0 Å². The van der Waals surface area contributed by atoms with Gasteiger partial charge < -0.3 is 9.47 Å². The van der Waals surface area contributed by atoms with E-state index in [1.807, 2.05) is 25.1 Å². The maximum absolute atomic E-state index is 10.8. The monoisotopic (exact) mass is 204 g/mol. The van der Waals surface area contributed by atoms with Crippen LogP contribution in [-0.4, -0.2) is 34.9 Å². The molecule has 0 unspecified atom stereocenters. The molecule has 0 radical (unpaired) electrons.